The van der Waals surface area contributed by atoms with E-state index in [0.717, 1.165) is 58.3 Å². The van der Waals surface area contributed by atoms with Gasteiger partial charge >= 0.3 is 0 Å². The number of hydrogen-bond acceptors (Lipinski definition) is 4. The average molecular weight is 333 g/mol. The summed E-state index contributed by atoms with van der Waals surface area (Å²) in [6.07, 6.45) is 10.7. The zero-order valence-corrected chi connectivity index (χ0v) is 14.3. The van der Waals surface area contributed by atoms with Crippen LogP contribution in [0.5, 0.6) is 0 Å². The first-order chi connectivity index (χ1) is 11.7. The van der Waals surface area contributed by atoms with Gasteiger partial charge in [0.15, 0.2) is 5.82 Å². The lowest BCUT2D eigenvalue weighted by Crippen LogP contribution is -2.46. The number of aliphatic hydroxyl groups excluding tert-OH is 1. The average Bonchev–Trinajstić information content (AvgIpc) is 2.99. The summed E-state index contributed by atoms with van der Waals surface area (Å²) in [6, 6.07) is 2.45. The first kappa shape index (κ1) is 16.3. The number of hydrogen-bond donors (Lipinski definition) is 1. The molecule has 0 bridgehead atoms. The maximum Gasteiger partial charge on any atom is 0.164 e. The number of anilines is 1. The van der Waals surface area contributed by atoms with Crippen molar-refractivity contribution in [2.75, 3.05) is 31.1 Å². The Labute approximate surface area is 143 Å². The van der Waals surface area contributed by atoms with Gasteiger partial charge in [-0.3, -0.25) is 9.88 Å². The molecule has 4 nitrogen and oxygen atoms in total. The molecule has 3 heterocycles. The lowest BCUT2D eigenvalue weighted by Gasteiger charge is -2.42. The number of nitrogens with zero attached hydrogens (tertiary/aromatic N) is 3. The molecule has 2 aliphatic heterocycles. The molecule has 1 spiro atoms. The summed E-state index contributed by atoms with van der Waals surface area (Å²) >= 11 is 0. The number of halogens is 1. The molecule has 0 radical (unpaired) electrons. The van der Waals surface area contributed by atoms with Gasteiger partial charge in [0.25, 0.3) is 0 Å². The summed E-state index contributed by atoms with van der Waals surface area (Å²) in [4.78, 5) is 8.76. The molecule has 2 saturated heterocycles. The highest BCUT2D eigenvalue weighted by atomic mass is 19.1. The molecule has 132 valence electrons. The lowest BCUT2D eigenvalue weighted by atomic mass is 9.79. The van der Waals surface area contributed by atoms with Crippen molar-refractivity contribution in [3.05, 3.63) is 24.3 Å². The van der Waals surface area contributed by atoms with Gasteiger partial charge in [0, 0.05) is 37.3 Å². The number of likely N-dealkylation sites (tertiary alicyclic amines) is 1. The molecule has 0 aromatic carbocycles. The number of piperidine rings is 1. The number of rotatable bonds is 2. The van der Waals surface area contributed by atoms with E-state index >= 15 is 0 Å². The van der Waals surface area contributed by atoms with Crippen molar-refractivity contribution in [1.29, 1.82) is 0 Å². The van der Waals surface area contributed by atoms with E-state index in [-0.39, 0.29) is 11.9 Å². The van der Waals surface area contributed by atoms with Gasteiger partial charge in [0.1, 0.15) is 0 Å². The minimum Gasteiger partial charge on any atom is -0.393 e. The molecule has 3 aliphatic rings. The Balaban J connectivity index is 1.43. The molecule has 1 aromatic heterocycles. The highest BCUT2D eigenvalue weighted by Gasteiger charge is 2.43. The largest absolute Gasteiger partial charge is 0.393 e. The molecule has 1 aliphatic carbocycles. The third-order valence-electron chi connectivity index (χ3n) is 6.40. The van der Waals surface area contributed by atoms with Crippen molar-refractivity contribution in [3.8, 4) is 0 Å². The van der Waals surface area contributed by atoms with Crippen LogP contribution in [0.3, 0.4) is 0 Å². The normalized spacial score (nSPS) is 34.8. The van der Waals surface area contributed by atoms with Gasteiger partial charge in [-0.1, -0.05) is 0 Å². The molecule has 0 unspecified atom stereocenters. The van der Waals surface area contributed by atoms with Gasteiger partial charge in [0.2, 0.25) is 0 Å². The molecule has 0 amide bonds. The quantitative estimate of drug-likeness (QED) is 0.903. The summed E-state index contributed by atoms with van der Waals surface area (Å²) in [6.45, 7) is 4.20. The SMILES string of the molecule is O[C@H]1CC[C@H](N2CC[C@]3(CCCN(c4ccncc4F)C3)C2)CC1. The number of pyridine rings is 1. The zero-order chi connectivity index (χ0) is 16.6. The van der Waals surface area contributed by atoms with E-state index in [0.29, 0.717) is 17.1 Å². The van der Waals surface area contributed by atoms with Crippen molar-refractivity contribution in [3.63, 3.8) is 0 Å². The van der Waals surface area contributed by atoms with Crippen LogP contribution in [0.1, 0.15) is 44.9 Å². The van der Waals surface area contributed by atoms with Crippen LogP contribution in [0.15, 0.2) is 18.5 Å². The van der Waals surface area contributed by atoms with E-state index in [9.17, 15) is 9.50 Å². The molecule has 1 N–H and O–H groups in total. The second-order valence-corrected chi connectivity index (χ2v) is 8.04. The van der Waals surface area contributed by atoms with E-state index < -0.39 is 0 Å². The molecule has 4 rings (SSSR count). The smallest absolute Gasteiger partial charge is 0.164 e. The first-order valence-electron chi connectivity index (χ1n) is 9.42. The van der Waals surface area contributed by atoms with Crippen LogP contribution in [-0.4, -0.2) is 53.3 Å². The molecule has 1 atom stereocenters. The highest BCUT2D eigenvalue weighted by molar-refractivity contribution is 5.47. The predicted octanol–water partition coefficient (Wildman–Crippen LogP) is 2.82. The van der Waals surface area contributed by atoms with Crippen molar-refractivity contribution in [2.45, 2.75) is 57.1 Å². The van der Waals surface area contributed by atoms with Crippen molar-refractivity contribution in [1.82, 2.24) is 9.88 Å². The van der Waals surface area contributed by atoms with Crippen LogP contribution in [-0.2, 0) is 0 Å². The Kier molecular flexibility index (Phi) is 4.48. The molecule has 1 aromatic rings. The topological polar surface area (TPSA) is 39.6 Å². The van der Waals surface area contributed by atoms with E-state index in [1.807, 2.05) is 6.07 Å². The standard InChI is InChI=1S/C19H28FN3O/c20-17-12-21-9-6-18(17)23-10-1-7-19(14-23)8-11-22(13-19)15-2-4-16(24)5-3-15/h6,9,12,15-16,24H,1-5,7-8,10-11,13-14H2/t15-,16-,19-/m1/s1. The fourth-order valence-corrected chi connectivity index (χ4v) is 5.08. The van der Waals surface area contributed by atoms with Gasteiger partial charge in [-0.25, -0.2) is 4.39 Å². The molecule has 1 saturated carbocycles. The van der Waals surface area contributed by atoms with E-state index in [1.165, 1.54) is 19.0 Å². The number of aliphatic hydroxyl groups is 1. The summed E-state index contributed by atoms with van der Waals surface area (Å²) < 4.78 is 14.1. The van der Waals surface area contributed by atoms with Gasteiger partial charge in [-0.15, -0.1) is 0 Å². The fourth-order valence-electron chi connectivity index (χ4n) is 5.08. The summed E-state index contributed by atoms with van der Waals surface area (Å²) in [5.74, 6) is -0.203. The van der Waals surface area contributed by atoms with Gasteiger partial charge < -0.3 is 10.0 Å². The van der Waals surface area contributed by atoms with Crippen LogP contribution in [0.4, 0.5) is 10.1 Å². The van der Waals surface area contributed by atoms with Crippen LogP contribution in [0.25, 0.3) is 0 Å². The van der Waals surface area contributed by atoms with Crippen LogP contribution in [0.2, 0.25) is 0 Å². The van der Waals surface area contributed by atoms with Crippen molar-refractivity contribution in [2.24, 2.45) is 5.41 Å². The maximum absolute atomic E-state index is 14.1. The van der Waals surface area contributed by atoms with Gasteiger partial charge in [-0.05, 0) is 57.6 Å². The summed E-state index contributed by atoms with van der Waals surface area (Å²) in [5, 5.41) is 9.73. The Bertz CT molecular complexity index is 575. The Morgan fingerprint density at radius 1 is 1.12 bits per heavy atom. The van der Waals surface area contributed by atoms with E-state index in [2.05, 4.69) is 14.8 Å². The third kappa shape index (κ3) is 3.16. The molecule has 3 fully saturated rings. The lowest BCUT2D eigenvalue weighted by molar-refractivity contribution is 0.0770. The maximum atomic E-state index is 14.1. The van der Waals surface area contributed by atoms with Crippen LogP contribution >= 0.6 is 0 Å². The monoisotopic (exact) mass is 333 g/mol. The van der Waals surface area contributed by atoms with Gasteiger partial charge in [-0.2, -0.15) is 0 Å². The Hall–Kier alpha value is -1.20. The molecule has 5 heteroatoms. The van der Waals surface area contributed by atoms with Gasteiger partial charge in [0.05, 0.1) is 18.0 Å². The molecular formula is C19H28FN3O. The first-order valence-corrected chi connectivity index (χ1v) is 9.42. The number of aromatic nitrogens is 1. The van der Waals surface area contributed by atoms with Crippen molar-refractivity contribution < 1.29 is 9.50 Å². The van der Waals surface area contributed by atoms with E-state index in [4.69, 9.17) is 0 Å². The highest BCUT2D eigenvalue weighted by Crippen LogP contribution is 2.42. The summed E-state index contributed by atoms with van der Waals surface area (Å²) in [7, 11) is 0. The second kappa shape index (κ2) is 6.60. The van der Waals surface area contributed by atoms with Crippen molar-refractivity contribution >= 4 is 5.69 Å². The Morgan fingerprint density at radius 2 is 1.96 bits per heavy atom. The molecular weight excluding hydrogens is 305 g/mol. The minimum atomic E-state index is -0.203. The summed E-state index contributed by atoms with van der Waals surface area (Å²) in [5.41, 5.74) is 1.02. The Morgan fingerprint density at radius 3 is 2.75 bits per heavy atom. The molecule has 24 heavy (non-hydrogen) atoms. The second-order valence-electron chi connectivity index (χ2n) is 8.04. The van der Waals surface area contributed by atoms with Crippen LogP contribution < -0.4 is 4.90 Å². The van der Waals surface area contributed by atoms with Crippen LogP contribution in [0, 0.1) is 11.2 Å². The van der Waals surface area contributed by atoms with E-state index in [1.54, 1.807) is 6.20 Å². The fraction of sp³-hybridized carbons (Fsp3) is 0.737. The predicted molar refractivity (Wildman–Crippen MR) is 92.5 cm³/mol. The zero-order valence-electron chi connectivity index (χ0n) is 14.3. The minimum absolute atomic E-state index is 0.0855. The third-order valence-corrected chi connectivity index (χ3v) is 6.40.